The maximum absolute atomic E-state index is 5.70. The molecular formula is C25H36N4O3. The van der Waals surface area contributed by atoms with Gasteiger partial charge < -0.3 is 24.8 Å². The van der Waals surface area contributed by atoms with Gasteiger partial charge in [-0.1, -0.05) is 42.5 Å². The highest BCUT2D eigenvalue weighted by Gasteiger charge is 2.23. The van der Waals surface area contributed by atoms with Crippen molar-refractivity contribution in [2.45, 2.75) is 19.1 Å². The van der Waals surface area contributed by atoms with E-state index in [1.165, 1.54) is 5.56 Å². The maximum atomic E-state index is 5.70. The monoisotopic (exact) mass is 440 g/mol. The second-order valence-electron chi connectivity index (χ2n) is 7.67. The summed E-state index contributed by atoms with van der Waals surface area (Å²) in [6, 6.07) is 18.7. The Morgan fingerprint density at radius 3 is 2.34 bits per heavy atom. The van der Waals surface area contributed by atoms with Crippen LogP contribution in [0.4, 0.5) is 0 Å². The molecule has 1 saturated heterocycles. The number of hydrogen-bond acceptors (Lipinski definition) is 5. The van der Waals surface area contributed by atoms with Crippen LogP contribution in [-0.4, -0.2) is 71.0 Å². The van der Waals surface area contributed by atoms with E-state index >= 15 is 0 Å². The van der Waals surface area contributed by atoms with Crippen molar-refractivity contribution >= 4 is 5.96 Å². The summed E-state index contributed by atoms with van der Waals surface area (Å²) >= 11 is 0. The van der Waals surface area contributed by atoms with E-state index in [1.54, 1.807) is 14.2 Å². The van der Waals surface area contributed by atoms with Gasteiger partial charge in [0, 0.05) is 33.3 Å². The number of nitrogens with one attached hydrogen (secondary N) is 2. The van der Waals surface area contributed by atoms with Gasteiger partial charge in [0.2, 0.25) is 0 Å². The number of methoxy groups -OCH3 is 2. The number of nitrogens with zero attached hydrogens (tertiary/aromatic N) is 2. The number of ether oxygens (including phenoxy) is 3. The second-order valence-corrected chi connectivity index (χ2v) is 7.67. The molecule has 7 heteroatoms. The molecule has 2 unspecified atom stereocenters. The lowest BCUT2D eigenvalue weighted by atomic mass is 10.0. The minimum atomic E-state index is -0.0447. The van der Waals surface area contributed by atoms with Crippen molar-refractivity contribution in [3.05, 3.63) is 65.7 Å². The third kappa shape index (κ3) is 6.95. The number of hydrogen-bond donors (Lipinski definition) is 2. The molecule has 0 radical (unpaired) electrons. The normalized spacial score (nSPS) is 16.9. The number of rotatable bonds is 10. The van der Waals surface area contributed by atoms with Crippen LogP contribution in [0.2, 0.25) is 0 Å². The summed E-state index contributed by atoms with van der Waals surface area (Å²) in [7, 11) is 3.43. The van der Waals surface area contributed by atoms with Crippen molar-refractivity contribution in [2.75, 3.05) is 60.2 Å². The zero-order valence-corrected chi connectivity index (χ0v) is 19.4. The van der Waals surface area contributed by atoms with Crippen LogP contribution in [0.25, 0.3) is 0 Å². The number of guanidine groups is 1. The second kappa shape index (κ2) is 13.1. The fourth-order valence-corrected chi connectivity index (χ4v) is 3.86. The Labute approximate surface area is 191 Å². The first kappa shape index (κ1) is 24.0. The van der Waals surface area contributed by atoms with Gasteiger partial charge in [-0.05, 0) is 30.2 Å². The predicted molar refractivity (Wildman–Crippen MR) is 128 cm³/mol. The molecule has 0 bridgehead atoms. The third-order valence-electron chi connectivity index (χ3n) is 5.66. The van der Waals surface area contributed by atoms with Gasteiger partial charge in [0.1, 0.15) is 5.75 Å². The van der Waals surface area contributed by atoms with Crippen molar-refractivity contribution in [2.24, 2.45) is 4.99 Å². The van der Waals surface area contributed by atoms with Gasteiger partial charge in [-0.2, -0.15) is 0 Å². The lowest BCUT2D eigenvalue weighted by Gasteiger charge is -2.34. The summed E-state index contributed by atoms with van der Waals surface area (Å²) in [5, 5.41) is 6.81. The molecule has 0 aromatic heterocycles. The number of morpholine rings is 1. The van der Waals surface area contributed by atoms with E-state index in [9.17, 15) is 0 Å². The van der Waals surface area contributed by atoms with Crippen LogP contribution in [0, 0.1) is 0 Å². The molecule has 0 saturated carbocycles. The average Bonchev–Trinajstić information content (AvgIpc) is 2.86. The first-order valence-corrected chi connectivity index (χ1v) is 11.3. The highest BCUT2D eigenvalue weighted by atomic mass is 16.5. The molecule has 1 fully saturated rings. The fourth-order valence-electron chi connectivity index (χ4n) is 3.86. The van der Waals surface area contributed by atoms with Gasteiger partial charge in [0.25, 0.3) is 0 Å². The highest BCUT2D eigenvalue weighted by molar-refractivity contribution is 5.79. The molecule has 1 aliphatic heterocycles. The Kier molecular flexibility index (Phi) is 9.81. The van der Waals surface area contributed by atoms with Gasteiger partial charge in [-0.15, -0.1) is 0 Å². The van der Waals surface area contributed by atoms with E-state index in [0.29, 0.717) is 13.1 Å². The fraction of sp³-hybridized carbons (Fsp3) is 0.480. The Balaban J connectivity index is 1.71. The van der Waals surface area contributed by atoms with Crippen molar-refractivity contribution in [1.82, 2.24) is 15.5 Å². The van der Waals surface area contributed by atoms with Crippen LogP contribution in [0.5, 0.6) is 5.75 Å². The predicted octanol–water partition coefficient (Wildman–Crippen LogP) is 3.01. The average molecular weight is 441 g/mol. The van der Waals surface area contributed by atoms with E-state index in [0.717, 1.165) is 50.1 Å². The van der Waals surface area contributed by atoms with Crippen LogP contribution >= 0.6 is 0 Å². The van der Waals surface area contributed by atoms with Crippen LogP contribution < -0.4 is 15.4 Å². The smallest absolute Gasteiger partial charge is 0.191 e. The largest absolute Gasteiger partial charge is 0.497 e. The Morgan fingerprint density at radius 1 is 1.00 bits per heavy atom. The molecule has 32 heavy (non-hydrogen) atoms. The molecule has 2 atom stereocenters. The van der Waals surface area contributed by atoms with Crippen molar-refractivity contribution in [3.63, 3.8) is 0 Å². The lowest BCUT2D eigenvalue weighted by molar-refractivity contribution is 0.0179. The summed E-state index contributed by atoms with van der Waals surface area (Å²) in [5.41, 5.74) is 2.37. The molecule has 7 nitrogen and oxygen atoms in total. The topological polar surface area (TPSA) is 67.4 Å². The SMILES string of the molecule is CCNC(=NCC(c1ccc(OC)cc1)N1CCOCC1)NCC(OC)c1ccccc1. The molecule has 174 valence electrons. The summed E-state index contributed by atoms with van der Waals surface area (Å²) in [6.07, 6.45) is -0.0447. The van der Waals surface area contributed by atoms with E-state index in [1.807, 2.05) is 30.3 Å². The molecule has 1 heterocycles. The first-order valence-electron chi connectivity index (χ1n) is 11.3. The standard InChI is InChI=1S/C25H36N4O3/c1-4-26-25(28-19-24(31-3)21-8-6-5-7-9-21)27-18-23(29-14-16-32-17-15-29)20-10-12-22(30-2)13-11-20/h5-13,23-24H,4,14-19H2,1-3H3,(H2,26,27,28). The van der Waals surface area contributed by atoms with E-state index in [-0.39, 0.29) is 12.1 Å². The molecule has 2 aromatic carbocycles. The Morgan fingerprint density at radius 2 is 1.72 bits per heavy atom. The Bertz CT molecular complexity index is 808. The van der Waals surface area contributed by atoms with E-state index in [4.69, 9.17) is 19.2 Å². The van der Waals surface area contributed by atoms with E-state index in [2.05, 4.69) is 46.7 Å². The van der Waals surface area contributed by atoms with Crippen molar-refractivity contribution < 1.29 is 14.2 Å². The Hall–Kier alpha value is -2.61. The van der Waals surface area contributed by atoms with Crippen molar-refractivity contribution in [3.8, 4) is 5.75 Å². The molecule has 0 amide bonds. The third-order valence-corrected chi connectivity index (χ3v) is 5.66. The van der Waals surface area contributed by atoms with Crippen LogP contribution in [0.15, 0.2) is 59.6 Å². The van der Waals surface area contributed by atoms with Crippen LogP contribution in [-0.2, 0) is 9.47 Å². The van der Waals surface area contributed by atoms with Gasteiger partial charge in [-0.3, -0.25) is 9.89 Å². The van der Waals surface area contributed by atoms with Crippen molar-refractivity contribution in [1.29, 1.82) is 0 Å². The molecule has 0 aliphatic carbocycles. The minimum absolute atomic E-state index is 0.0447. The minimum Gasteiger partial charge on any atom is -0.497 e. The summed E-state index contributed by atoms with van der Waals surface area (Å²) < 4.78 is 16.6. The van der Waals surface area contributed by atoms with Crippen LogP contribution in [0.1, 0.15) is 30.2 Å². The molecule has 0 spiro atoms. The molecule has 1 aliphatic rings. The highest BCUT2D eigenvalue weighted by Crippen LogP contribution is 2.24. The lowest BCUT2D eigenvalue weighted by Crippen LogP contribution is -2.42. The maximum Gasteiger partial charge on any atom is 0.191 e. The molecular weight excluding hydrogens is 404 g/mol. The summed E-state index contributed by atoms with van der Waals surface area (Å²) in [5.74, 6) is 1.65. The number of benzene rings is 2. The van der Waals surface area contributed by atoms with E-state index < -0.39 is 0 Å². The molecule has 2 N–H and O–H groups in total. The van der Waals surface area contributed by atoms with Gasteiger partial charge >= 0.3 is 0 Å². The van der Waals surface area contributed by atoms with Gasteiger partial charge in [-0.25, -0.2) is 0 Å². The van der Waals surface area contributed by atoms with Gasteiger partial charge in [0.05, 0.1) is 39.0 Å². The molecule has 2 aromatic rings. The summed E-state index contributed by atoms with van der Waals surface area (Å²) in [4.78, 5) is 7.38. The zero-order valence-electron chi connectivity index (χ0n) is 19.4. The number of aliphatic imine (C=N–C) groups is 1. The molecule has 3 rings (SSSR count). The van der Waals surface area contributed by atoms with Crippen LogP contribution in [0.3, 0.4) is 0 Å². The summed E-state index contributed by atoms with van der Waals surface area (Å²) in [6.45, 7) is 7.45. The quantitative estimate of drug-likeness (QED) is 0.437. The first-order chi connectivity index (χ1) is 15.7. The zero-order chi connectivity index (χ0) is 22.6. The van der Waals surface area contributed by atoms with Gasteiger partial charge in [0.15, 0.2) is 5.96 Å².